The van der Waals surface area contributed by atoms with Crippen molar-refractivity contribution in [1.82, 2.24) is 4.90 Å². The predicted octanol–water partition coefficient (Wildman–Crippen LogP) is 7.14. The Morgan fingerprint density at radius 2 is 1.43 bits per heavy atom. The average molecular weight is 526 g/mol. The second-order valence-corrected chi connectivity index (χ2v) is 9.67. The number of anilines is 2. The van der Waals surface area contributed by atoms with E-state index in [0.717, 1.165) is 39.3 Å². The number of nitrogens with one attached hydrogen (secondary N) is 1. The van der Waals surface area contributed by atoms with Gasteiger partial charge in [0.15, 0.2) is 0 Å². The van der Waals surface area contributed by atoms with Crippen molar-refractivity contribution in [3.63, 3.8) is 0 Å². The molecule has 0 saturated carbocycles. The first-order valence-electron chi connectivity index (χ1n) is 13.0. The maximum atomic E-state index is 13.3. The lowest BCUT2D eigenvalue weighted by atomic mass is 9.97. The van der Waals surface area contributed by atoms with Crippen LogP contribution in [-0.4, -0.2) is 16.7 Å². The van der Waals surface area contributed by atoms with Crippen molar-refractivity contribution >= 4 is 23.2 Å². The minimum atomic E-state index is -0.237. The van der Waals surface area contributed by atoms with E-state index in [2.05, 4.69) is 11.4 Å². The molecular weight excluding hydrogens is 498 g/mol. The van der Waals surface area contributed by atoms with Crippen LogP contribution < -0.4 is 15.8 Å². The molecule has 1 aliphatic heterocycles. The van der Waals surface area contributed by atoms with Gasteiger partial charge in [-0.3, -0.25) is 9.59 Å². The van der Waals surface area contributed by atoms with E-state index >= 15 is 0 Å². The second-order valence-electron chi connectivity index (χ2n) is 9.67. The number of rotatable bonds is 7. The lowest BCUT2D eigenvalue weighted by Gasteiger charge is -2.16. The molecule has 6 heteroatoms. The van der Waals surface area contributed by atoms with Crippen molar-refractivity contribution in [3.8, 4) is 22.6 Å². The number of carbonyl (C=O) groups excluding carboxylic acids is 2. The lowest BCUT2D eigenvalue weighted by Crippen LogP contribution is -2.23. The predicted molar refractivity (Wildman–Crippen MR) is 157 cm³/mol. The molecule has 2 amide bonds. The molecule has 5 aromatic rings. The molecular formula is C34H27N3O3. The summed E-state index contributed by atoms with van der Waals surface area (Å²) in [6, 6.07) is 37.9. The van der Waals surface area contributed by atoms with Gasteiger partial charge in [0.2, 0.25) is 0 Å². The van der Waals surface area contributed by atoms with Crippen LogP contribution in [-0.2, 0) is 13.1 Å². The van der Waals surface area contributed by atoms with Gasteiger partial charge in [0.05, 0.1) is 11.4 Å². The number of hydrogen-bond donors (Lipinski definition) is 2. The highest BCUT2D eigenvalue weighted by Crippen LogP contribution is 2.34. The number of amides is 2. The van der Waals surface area contributed by atoms with Crippen LogP contribution in [0, 0.1) is 0 Å². The van der Waals surface area contributed by atoms with E-state index in [1.165, 1.54) is 0 Å². The Labute approximate surface area is 232 Å². The van der Waals surface area contributed by atoms with E-state index < -0.39 is 0 Å². The fraction of sp³-hybridized carbons (Fsp3) is 0.0588. The molecule has 1 heterocycles. The summed E-state index contributed by atoms with van der Waals surface area (Å²) in [6.45, 7) is 0.965. The van der Waals surface area contributed by atoms with Crippen LogP contribution in [0.3, 0.4) is 0 Å². The van der Waals surface area contributed by atoms with E-state index in [-0.39, 0.29) is 11.8 Å². The molecule has 6 nitrogen and oxygen atoms in total. The number of nitrogens with zero attached hydrogens (tertiary/aromatic N) is 1. The van der Waals surface area contributed by atoms with Crippen LogP contribution in [0.2, 0.25) is 0 Å². The van der Waals surface area contributed by atoms with Crippen molar-refractivity contribution in [3.05, 3.63) is 144 Å². The van der Waals surface area contributed by atoms with Crippen molar-refractivity contribution in [2.75, 3.05) is 11.1 Å². The molecule has 0 atom stereocenters. The monoisotopic (exact) mass is 525 g/mol. The first-order valence-corrected chi connectivity index (χ1v) is 13.0. The second kappa shape index (κ2) is 10.8. The van der Waals surface area contributed by atoms with Crippen LogP contribution >= 0.6 is 0 Å². The van der Waals surface area contributed by atoms with Crippen molar-refractivity contribution in [2.45, 2.75) is 13.1 Å². The van der Waals surface area contributed by atoms with Crippen LogP contribution in [0.4, 0.5) is 11.4 Å². The fourth-order valence-corrected chi connectivity index (χ4v) is 4.90. The minimum absolute atomic E-state index is 0.00209. The number of fused-ring (bicyclic) bond motifs is 1. The number of ether oxygens (including phenoxy) is 1. The molecule has 0 spiro atoms. The number of para-hydroxylation sites is 3. The summed E-state index contributed by atoms with van der Waals surface area (Å²) in [4.78, 5) is 27.8. The van der Waals surface area contributed by atoms with Crippen molar-refractivity contribution in [1.29, 1.82) is 0 Å². The van der Waals surface area contributed by atoms with Gasteiger partial charge in [-0.05, 0) is 76.9 Å². The quantitative estimate of drug-likeness (QED) is 0.221. The summed E-state index contributed by atoms with van der Waals surface area (Å²) >= 11 is 0. The topological polar surface area (TPSA) is 84.7 Å². The molecule has 0 aromatic heterocycles. The first-order chi connectivity index (χ1) is 19.5. The average Bonchev–Trinajstić information content (AvgIpc) is 3.30. The first kappa shape index (κ1) is 24.9. The van der Waals surface area contributed by atoms with Crippen molar-refractivity contribution in [2.24, 2.45) is 0 Å². The number of carbonyl (C=O) groups is 2. The molecule has 0 unspecified atom stereocenters. The van der Waals surface area contributed by atoms with Gasteiger partial charge in [-0.2, -0.15) is 0 Å². The van der Waals surface area contributed by atoms with Crippen LogP contribution in [0.5, 0.6) is 11.5 Å². The normalized spacial score (nSPS) is 12.2. The molecule has 40 heavy (non-hydrogen) atoms. The summed E-state index contributed by atoms with van der Waals surface area (Å²) in [5.74, 6) is 1.30. The number of hydrogen-bond acceptors (Lipinski definition) is 4. The van der Waals surface area contributed by atoms with E-state index in [1.54, 1.807) is 24.3 Å². The van der Waals surface area contributed by atoms with Crippen molar-refractivity contribution < 1.29 is 14.3 Å². The molecule has 3 N–H and O–H groups in total. The standard InChI is InChI=1S/C34H27N3O3/c35-31-11-4-5-12-32(31)36-33(38)25-15-13-23(14-16-25)21-37-22-30-28(9-6-10-29(30)34(37)39)24-17-19-27(20-18-24)40-26-7-2-1-3-8-26/h1-20H,21-22,35H2,(H,36,38). The van der Waals surface area contributed by atoms with Gasteiger partial charge in [0, 0.05) is 24.2 Å². The Bertz CT molecular complexity index is 1680. The Balaban J connectivity index is 1.14. The number of nitrogens with two attached hydrogens (primary N) is 1. The zero-order valence-corrected chi connectivity index (χ0v) is 21.7. The van der Waals surface area contributed by atoms with E-state index in [0.29, 0.717) is 30.0 Å². The summed E-state index contributed by atoms with van der Waals surface area (Å²) in [7, 11) is 0. The highest BCUT2D eigenvalue weighted by molar-refractivity contribution is 6.05. The van der Waals surface area contributed by atoms with Gasteiger partial charge >= 0.3 is 0 Å². The Morgan fingerprint density at radius 3 is 2.17 bits per heavy atom. The van der Waals surface area contributed by atoms with E-state index in [4.69, 9.17) is 10.5 Å². The molecule has 0 saturated heterocycles. The SMILES string of the molecule is Nc1ccccc1NC(=O)c1ccc(CN2Cc3c(cccc3-c3ccc(Oc4ccccc4)cc3)C2=O)cc1. The third-order valence-corrected chi connectivity index (χ3v) is 6.99. The van der Waals surface area contributed by atoms with Crippen LogP contribution in [0.15, 0.2) is 121 Å². The molecule has 0 radical (unpaired) electrons. The molecule has 5 aromatic carbocycles. The Hall–Kier alpha value is -5.36. The lowest BCUT2D eigenvalue weighted by molar-refractivity contribution is 0.0766. The molecule has 0 bridgehead atoms. The highest BCUT2D eigenvalue weighted by Gasteiger charge is 2.29. The van der Waals surface area contributed by atoms with Gasteiger partial charge in [-0.25, -0.2) is 0 Å². The largest absolute Gasteiger partial charge is 0.457 e. The molecule has 1 aliphatic rings. The zero-order chi connectivity index (χ0) is 27.5. The maximum Gasteiger partial charge on any atom is 0.255 e. The third-order valence-electron chi connectivity index (χ3n) is 6.99. The molecule has 0 aliphatic carbocycles. The summed E-state index contributed by atoms with van der Waals surface area (Å²) in [6.07, 6.45) is 0. The third kappa shape index (κ3) is 5.15. The van der Waals surface area contributed by atoms with Crippen LogP contribution in [0.1, 0.15) is 31.8 Å². The van der Waals surface area contributed by atoms with E-state index in [9.17, 15) is 9.59 Å². The Morgan fingerprint density at radius 1 is 0.750 bits per heavy atom. The smallest absolute Gasteiger partial charge is 0.255 e. The van der Waals surface area contributed by atoms with Gasteiger partial charge in [-0.1, -0.05) is 66.7 Å². The fourth-order valence-electron chi connectivity index (χ4n) is 4.90. The zero-order valence-electron chi connectivity index (χ0n) is 21.7. The highest BCUT2D eigenvalue weighted by atomic mass is 16.5. The number of benzene rings is 5. The molecule has 0 fully saturated rings. The van der Waals surface area contributed by atoms with Gasteiger partial charge in [0.25, 0.3) is 11.8 Å². The van der Waals surface area contributed by atoms with Gasteiger partial charge in [-0.15, -0.1) is 0 Å². The Kier molecular flexibility index (Phi) is 6.73. The summed E-state index contributed by atoms with van der Waals surface area (Å²) in [5.41, 5.74) is 12.3. The summed E-state index contributed by atoms with van der Waals surface area (Å²) < 4.78 is 5.93. The van der Waals surface area contributed by atoms with Gasteiger partial charge in [0.1, 0.15) is 11.5 Å². The van der Waals surface area contributed by atoms with Gasteiger partial charge < -0.3 is 20.7 Å². The number of nitrogen functional groups attached to an aromatic ring is 1. The molecule has 196 valence electrons. The maximum absolute atomic E-state index is 13.3. The van der Waals surface area contributed by atoms with E-state index in [1.807, 2.05) is 95.9 Å². The minimum Gasteiger partial charge on any atom is -0.457 e. The summed E-state index contributed by atoms with van der Waals surface area (Å²) in [5, 5.41) is 2.84. The molecule has 6 rings (SSSR count). The van der Waals surface area contributed by atoms with Crippen LogP contribution in [0.25, 0.3) is 11.1 Å².